The predicted molar refractivity (Wildman–Crippen MR) is 45.8 cm³/mol. The van der Waals surface area contributed by atoms with Gasteiger partial charge in [0.1, 0.15) is 12.0 Å². The number of hydrogen-bond donors (Lipinski definition) is 0. The molecule has 1 rings (SSSR count). The Balaban J connectivity index is 2.42. The van der Waals surface area contributed by atoms with Gasteiger partial charge in [0.05, 0.1) is 6.04 Å². The Bertz CT molecular complexity index is 172. The quantitative estimate of drug-likeness (QED) is 0.643. The summed E-state index contributed by atoms with van der Waals surface area (Å²) in [6, 6.07) is -0.0873. The molecule has 1 aliphatic heterocycles. The fraction of sp³-hybridized carbons (Fsp3) is 0.889. The highest BCUT2D eigenvalue weighted by atomic mass is 19.1. The van der Waals surface area contributed by atoms with Gasteiger partial charge in [0.2, 0.25) is 0 Å². The van der Waals surface area contributed by atoms with Crippen molar-refractivity contribution in [3.8, 4) is 0 Å². The number of carbonyl (C=O) groups excluding carboxylic acids is 1. The number of carbonyl (C=O) groups is 1. The van der Waals surface area contributed by atoms with Crippen LogP contribution in [0.15, 0.2) is 0 Å². The van der Waals surface area contributed by atoms with E-state index < -0.39 is 6.17 Å². The van der Waals surface area contributed by atoms with Gasteiger partial charge >= 0.3 is 0 Å². The summed E-state index contributed by atoms with van der Waals surface area (Å²) in [6.07, 6.45) is 0.410. The molecular weight excluding hydrogens is 157 g/mol. The van der Waals surface area contributed by atoms with Crippen molar-refractivity contribution < 1.29 is 9.18 Å². The standard InChI is InChI=1S/C9H16FNO/c1-3-9(12)7(2)11-5-4-8(10)6-11/h7-8H,3-6H2,1-2H3/t7-,8+/m1/s1. The average Bonchev–Trinajstić information content (AvgIpc) is 2.49. The Morgan fingerprint density at radius 2 is 2.42 bits per heavy atom. The third kappa shape index (κ3) is 2.03. The normalized spacial score (nSPS) is 27.4. The van der Waals surface area contributed by atoms with Crippen LogP contribution < -0.4 is 0 Å². The molecule has 2 atom stereocenters. The molecule has 3 heteroatoms. The first kappa shape index (κ1) is 9.65. The molecule has 0 aromatic carbocycles. The second-order valence-electron chi connectivity index (χ2n) is 3.38. The Kier molecular flexibility index (Phi) is 3.20. The zero-order valence-corrected chi connectivity index (χ0v) is 7.72. The number of halogens is 1. The SMILES string of the molecule is CCC(=O)[C@@H](C)N1CC[C@H](F)C1. The number of likely N-dealkylation sites (tertiary alicyclic amines) is 1. The van der Waals surface area contributed by atoms with E-state index in [1.807, 2.05) is 18.7 Å². The molecule has 0 aromatic heterocycles. The molecule has 12 heavy (non-hydrogen) atoms. The molecule has 0 saturated carbocycles. The summed E-state index contributed by atoms with van der Waals surface area (Å²) in [5, 5.41) is 0. The molecule has 2 nitrogen and oxygen atoms in total. The number of nitrogens with zero attached hydrogens (tertiary/aromatic N) is 1. The van der Waals surface area contributed by atoms with Crippen LogP contribution in [0.5, 0.6) is 0 Å². The molecule has 0 radical (unpaired) electrons. The summed E-state index contributed by atoms with van der Waals surface area (Å²) in [4.78, 5) is 13.2. The van der Waals surface area contributed by atoms with E-state index in [4.69, 9.17) is 0 Å². The summed E-state index contributed by atoms with van der Waals surface area (Å²) >= 11 is 0. The van der Waals surface area contributed by atoms with Crippen molar-refractivity contribution in [2.45, 2.75) is 38.9 Å². The largest absolute Gasteiger partial charge is 0.298 e. The third-order valence-electron chi connectivity index (χ3n) is 2.52. The molecule has 0 spiro atoms. The maximum Gasteiger partial charge on any atom is 0.149 e. The van der Waals surface area contributed by atoms with Crippen LogP contribution in [0.3, 0.4) is 0 Å². The Morgan fingerprint density at radius 1 is 1.75 bits per heavy atom. The summed E-state index contributed by atoms with van der Waals surface area (Å²) in [7, 11) is 0. The maximum absolute atomic E-state index is 12.7. The smallest absolute Gasteiger partial charge is 0.149 e. The number of hydrogen-bond acceptors (Lipinski definition) is 2. The molecule has 1 fully saturated rings. The summed E-state index contributed by atoms with van der Waals surface area (Å²) in [5.41, 5.74) is 0. The van der Waals surface area contributed by atoms with Crippen molar-refractivity contribution in [2.24, 2.45) is 0 Å². The van der Waals surface area contributed by atoms with E-state index in [0.717, 1.165) is 6.54 Å². The van der Waals surface area contributed by atoms with Crippen LogP contribution in [0.2, 0.25) is 0 Å². The van der Waals surface area contributed by atoms with Gasteiger partial charge in [-0.1, -0.05) is 6.92 Å². The highest BCUT2D eigenvalue weighted by Gasteiger charge is 2.28. The minimum absolute atomic E-state index is 0.0873. The first-order valence-electron chi connectivity index (χ1n) is 4.56. The van der Waals surface area contributed by atoms with Crippen LogP contribution in [0.25, 0.3) is 0 Å². The first-order chi connectivity index (χ1) is 5.65. The maximum atomic E-state index is 12.7. The van der Waals surface area contributed by atoms with Crippen molar-refractivity contribution >= 4 is 5.78 Å². The molecule has 0 N–H and O–H groups in total. The minimum Gasteiger partial charge on any atom is -0.298 e. The second kappa shape index (κ2) is 3.99. The number of rotatable bonds is 3. The molecule has 1 aliphatic rings. The van der Waals surface area contributed by atoms with E-state index in [2.05, 4.69) is 0 Å². The van der Waals surface area contributed by atoms with Crippen LogP contribution in [-0.2, 0) is 4.79 Å². The Hall–Kier alpha value is -0.440. The van der Waals surface area contributed by atoms with Crippen LogP contribution in [0, 0.1) is 0 Å². The van der Waals surface area contributed by atoms with Gasteiger partial charge in [-0.15, -0.1) is 0 Å². The van der Waals surface area contributed by atoms with Gasteiger partial charge in [0, 0.05) is 19.5 Å². The molecule has 0 unspecified atom stereocenters. The fourth-order valence-electron chi connectivity index (χ4n) is 1.59. The van der Waals surface area contributed by atoms with Gasteiger partial charge in [-0.3, -0.25) is 9.69 Å². The summed E-state index contributed by atoms with van der Waals surface area (Å²) < 4.78 is 12.7. The second-order valence-corrected chi connectivity index (χ2v) is 3.38. The van der Waals surface area contributed by atoms with Crippen LogP contribution in [0.4, 0.5) is 4.39 Å². The monoisotopic (exact) mass is 173 g/mol. The van der Waals surface area contributed by atoms with Gasteiger partial charge in [-0.2, -0.15) is 0 Å². The van der Waals surface area contributed by atoms with Crippen molar-refractivity contribution in [2.75, 3.05) is 13.1 Å². The molecule has 0 aromatic rings. The lowest BCUT2D eigenvalue weighted by atomic mass is 10.1. The van der Waals surface area contributed by atoms with Crippen molar-refractivity contribution in [3.63, 3.8) is 0 Å². The van der Waals surface area contributed by atoms with E-state index in [0.29, 0.717) is 19.4 Å². The van der Waals surface area contributed by atoms with Crippen LogP contribution in [-0.4, -0.2) is 36.0 Å². The summed E-state index contributed by atoms with van der Waals surface area (Å²) in [5.74, 6) is 0.212. The predicted octanol–water partition coefficient (Wildman–Crippen LogP) is 1.40. The van der Waals surface area contributed by atoms with Crippen molar-refractivity contribution in [3.05, 3.63) is 0 Å². The average molecular weight is 173 g/mol. The van der Waals surface area contributed by atoms with Crippen molar-refractivity contribution in [1.82, 2.24) is 4.90 Å². The third-order valence-corrected chi connectivity index (χ3v) is 2.52. The highest BCUT2D eigenvalue weighted by molar-refractivity contribution is 5.83. The first-order valence-corrected chi connectivity index (χ1v) is 4.56. The van der Waals surface area contributed by atoms with Gasteiger partial charge < -0.3 is 0 Å². The zero-order valence-electron chi connectivity index (χ0n) is 7.72. The van der Waals surface area contributed by atoms with E-state index in [9.17, 15) is 9.18 Å². The minimum atomic E-state index is -0.725. The van der Waals surface area contributed by atoms with Gasteiger partial charge in [-0.05, 0) is 13.3 Å². The highest BCUT2D eigenvalue weighted by Crippen LogP contribution is 2.15. The van der Waals surface area contributed by atoms with Crippen LogP contribution in [0.1, 0.15) is 26.7 Å². The van der Waals surface area contributed by atoms with Crippen LogP contribution >= 0.6 is 0 Å². The Morgan fingerprint density at radius 3 is 2.83 bits per heavy atom. The molecule has 1 saturated heterocycles. The van der Waals surface area contributed by atoms with E-state index >= 15 is 0 Å². The number of alkyl halides is 1. The topological polar surface area (TPSA) is 20.3 Å². The molecule has 0 bridgehead atoms. The molecule has 1 heterocycles. The van der Waals surface area contributed by atoms with E-state index in [1.165, 1.54) is 0 Å². The van der Waals surface area contributed by atoms with E-state index in [-0.39, 0.29) is 11.8 Å². The number of Topliss-reactive ketones (excluding diaryl/α,β-unsaturated/α-hetero) is 1. The molecular formula is C9H16FNO. The molecule has 70 valence electrons. The zero-order chi connectivity index (χ0) is 9.14. The van der Waals surface area contributed by atoms with Gasteiger partial charge in [0.15, 0.2) is 0 Å². The van der Waals surface area contributed by atoms with Crippen molar-refractivity contribution in [1.29, 1.82) is 0 Å². The fourth-order valence-corrected chi connectivity index (χ4v) is 1.59. The lowest BCUT2D eigenvalue weighted by Crippen LogP contribution is -2.37. The van der Waals surface area contributed by atoms with Gasteiger partial charge in [-0.25, -0.2) is 4.39 Å². The molecule has 0 aliphatic carbocycles. The van der Waals surface area contributed by atoms with Gasteiger partial charge in [0.25, 0.3) is 0 Å². The lowest BCUT2D eigenvalue weighted by molar-refractivity contribution is -0.123. The summed E-state index contributed by atoms with van der Waals surface area (Å²) in [6.45, 7) is 4.88. The Labute approximate surface area is 72.7 Å². The number of ketones is 1. The lowest BCUT2D eigenvalue weighted by Gasteiger charge is -2.21. The van der Waals surface area contributed by atoms with E-state index in [1.54, 1.807) is 0 Å². The molecule has 0 amide bonds.